The molecule has 50 valence electrons. The first-order chi connectivity index (χ1) is 4.79. The molecule has 0 bridgehead atoms. The smallest absolute Gasteiger partial charge is 0.152 e. The van der Waals surface area contributed by atoms with Crippen LogP contribution in [-0.4, -0.2) is 5.78 Å². The summed E-state index contributed by atoms with van der Waals surface area (Å²) in [6.45, 7) is 1.53. The highest BCUT2D eigenvalue weighted by Crippen LogP contribution is 2.02. The van der Waals surface area contributed by atoms with E-state index in [2.05, 4.69) is 5.73 Å². The summed E-state index contributed by atoms with van der Waals surface area (Å²) >= 11 is 0. The molecule has 0 aromatic heterocycles. The number of carbonyl (C=O) groups excluding carboxylic acids is 1. The Hall–Kier alpha value is -1.33. The third-order valence-corrected chi connectivity index (χ3v) is 1.12. The lowest BCUT2D eigenvalue weighted by Crippen LogP contribution is -1.79. The summed E-state index contributed by atoms with van der Waals surface area (Å²) in [7, 11) is 0. The van der Waals surface area contributed by atoms with Crippen LogP contribution >= 0.6 is 0 Å². The van der Waals surface area contributed by atoms with Gasteiger partial charge in [0.25, 0.3) is 0 Å². The van der Waals surface area contributed by atoms with Crippen molar-refractivity contribution < 1.29 is 4.79 Å². The van der Waals surface area contributed by atoms with Gasteiger partial charge in [-0.25, -0.2) is 0 Å². The van der Waals surface area contributed by atoms with Gasteiger partial charge in [0.1, 0.15) is 0 Å². The predicted octanol–water partition coefficient (Wildman–Crippen LogP) is 1.78. The van der Waals surface area contributed by atoms with Gasteiger partial charge < -0.3 is 0 Å². The largest absolute Gasteiger partial charge is 0.295 e. The minimum absolute atomic E-state index is 0.0644. The van der Waals surface area contributed by atoms with Crippen LogP contribution < -0.4 is 0 Å². The van der Waals surface area contributed by atoms with E-state index in [0.29, 0.717) is 0 Å². The Bertz CT molecular complexity index is 260. The monoisotopic (exact) mass is 132 g/mol. The molecule has 10 heavy (non-hydrogen) atoms. The number of allylic oxidation sites excluding steroid dienone is 5. The molecule has 0 heterocycles. The van der Waals surface area contributed by atoms with Crippen molar-refractivity contribution in [1.82, 2.24) is 0 Å². The number of rotatable bonds is 2. The first-order valence-electron chi connectivity index (χ1n) is 3.11. The second-order valence-corrected chi connectivity index (χ2v) is 2.07. The van der Waals surface area contributed by atoms with E-state index < -0.39 is 0 Å². The van der Waals surface area contributed by atoms with Gasteiger partial charge in [-0.05, 0) is 31.2 Å². The second kappa shape index (κ2) is 3.00. The first-order valence-corrected chi connectivity index (χ1v) is 3.11. The fourth-order valence-electron chi connectivity index (χ4n) is 0.655. The molecule has 0 aromatic carbocycles. The Balaban J connectivity index is 2.63. The Morgan fingerprint density at radius 3 is 3.00 bits per heavy atom. The maximum absolute atomic E-state index is 10.4. The molecule has 0 saturated carbocycles. The fraction of sp³-hybridized carbons (Fsp3) is 0.111. The number of ketones is 1. The number of hydrogen-bond donors (Lipinski definition) is 0. The summed E-state index contributed by atoms with van der Waals surface area (Å²) < 4.78 is 0. The van der Waals surface area contributed by atoms with Gasteiger partial charge in [0.15, 0.2) is 5.78 Å². The van der Waals surface area contributed by atoms with Crippen LogP contribution in [0.4, 0.5) is 0 Å². The average molecular weight is 132 g/mol. The van der Waals surface area contributed by atoms with Crippen molar-refractivity contribution in [3.05, 3.63) is 41.7 Å². The third kappa shape index (κ3) is 1.88. The van der Waals surface area contributed by atoms with Gasteiger partial charge in [-0.1, -0.05) is 6.08 Å². The van der Waals surface area contributed by atoms with Crippen molar-refractivity contribution in [1.29, 1.82) is 0 Å². The highest BCUT2D eigenvalue weighted by atomic mass is 16.1. The van der Waals surface area contributed by atoms with E-state index in [1.165, 1.54) is 13.0 Å². The summed E-state index contributed by atoms with van der Waals surface area (Å²) in [5, 5.41) is 0. The van der Waals surface area contributed by atoms with E-state index in [1.54, 1.807) is 6.08 Å². The molecule has 0 N–H and O–H groups in total. The highest BCUT2D eigenvalue weighted by Gasteiger charge is 1.87. The normalized spacial score (nSPS) is 14.7. The molecule has 1 aliphatic carbocycles. The zero-order valence-corrected chi connectivity index (χ0v) is 5.79. The summed E-state index contributed by atoms with van der Waals surface area (Å²) in [4.78, 5) is 10.4. The van der Waals surface area contributed by atoms with E-state index >= 15 is 0 Å². The molecule has 0 radical (unpaired) electrons. The zero-order chi connectivity index (χ0) is 7.40. The summed E-state index contributed by atoms with van der Waals surface area (Å²) in [5.74, 6) is 0.0644. The molecular weight excluding hydrogens is 124 g/mol. The van der Waals surface area contributed by atoms with Crippen LogP contribution in [0, 0.1) is 0 Å². The van der Waals surface area contributed by atoms with Gasteiger partial charge in [-0.2, -0.15) is 0 Å². The van der Waals surface area contributed by atoms with Crippen molar-refractivity contribution in [3.8, 4) is 0 Å². The Labute approximate surface area is 60.1 Å². The lowest BCUT2D eigenvalue weighted by Gasteiger charge is -1.81. The maximum Gasteiger partial charge on any atom is 0.152 e. The summed E-state index contributed by atoms with van der Waals surface area (Å²) in [5.41, 5.74) is 3.91. The van der Waals surface area contributed by atoms with Crippen molar-refractivity contribution in [2.24, 2.45) is 0 Å². The van der Waals surface area contributed by atoms with Crippen LogP contribution in [0.2, 0.25) is 0 Å². The van der Waals surface area contributed by atoms with Gasteiger partial charge in [0, 0.05) is 5.57 Å². The van der Waals surface area contributed by atoms with E-state index in [-0.39, 0.29) is 5.78 Å². The third-order valence-electron chi connectivity index (χ3n) is 1.12. The lowest BCUT2D eigenvalue weighted by atomic mass is 10.2. The molecule has 0 atom stereocenters. The van der Waals surface area contributed by atoms with Crippen LogP contribution in [0.5, 0.6) is 0 Å². The summed E-state index contributed by atoms with van der Waals surface area (Å²) in [6.07, 6.45) is 8.90. The Morgan fingerprint density at radius 1 is 1.70 bits per heavy atom. The average Bonchev–Trinajstić information content (AvgIpc) is 2.34. The first kappa shape index (κ1) is 6.79. The van der Waals surface area contributed by atoms with E-state index in [9.17, 15) is 4.79 Å². The summed E-state index contributed by atoms with van der Waals surface area (Å²) in [6, 6.07) is 0. The van der Waals surface area contributed by atoms with Gasteiger partial charge in [-0.3, -0.25) is 4.79 Å². The molecule has 1 heteroatoms. The van der Waals surface area contributed by atoms with Gasteiger partial charge in [-0.15, -0.1) is 5.73 Å². The van der Waals surface area contributed by atoms with Crippen molar-refractivity contribution >= 4 is 5.78 Å². The van der Waals surface area contributed by atoms with Crippen LogP contribution in [0.25, 0.3) is 0 Å². The topological polar surface area (TPSA) is 17.1 Å². The van der Waals surface area contributed by atoms with Crippen molar-refractivity contribution in [3.63, 3.8) is 0 Å². The molecule has 0 aromatic rings. The van der Waals surface area contributed by atoms with Crippen LogP contribution in [0.1, 0.15) is 6.92 Å². The quantitative estimate of drug-likeness (QED) is 0.413. The van der Waals surface area contributed by atoms with Gasteiger partial charge >= 0.3 is 0 Å². The maximum atomic E-state index is 10.4. The van der Waals surface area contributed by atoms with Crippen LogP contribution in [0.15, 0.2) is 41.7 Å². The van der Waals surface area contributed by atoms with Crippen LogP contribution in [-0.2, 0) is 4.79 Å². The molecule has 1 aliphatic rings. The second-order valence-electron chi connectivity index (χ2n) is 2.07. The minimum Gasteiger partial charge on any atom is -0.295 e. The molecule has 0 fully saturated rings. The molecular formula is C9H8O. The lowest BCUT2D eigenvalue weighted by molar-refractivity contribution is -0.112. The van der Waals surface area contributed by atoms with E-state index in [4.69, 9.17) is 0 Å². The SMILES string of the molecule is CC(=O)/C=C/C1=C=CC=C1. The molecule has 0 spiro atoms. The number of hydrogen-bond acceptors (Lipinski definition) is 1. The molecule has 0 saturated heterocycles. The standard InChI is InChI=1S/C9H8O/c1-8(10)6-7-9-4-2-3-5-9/h2-4,6-7H,1H3/b7-6+. The fourth-order valence-corrected chi connectivity index (χ4v) is 0.655. The Morgan fingerprint density at radius 2 is 2.50 bits per heavy atom. The predicted molar refractivity (Wildman–Crippen MR) is 40.6 cm³/mol. The van der Waals surface area contributed by atoms with E-state index in [1.807, 2.05) is 18.2 Å². The highest BCUT2D eigenvalue weighted by molar-refractivity contribution is 5.87. The molecule has 1 nitrogen and oxygen atoms in total. The molecule has 1 rings (SSSR count). The van der Waals surface area contributed by atoms with Crippen molar-refractivity contribution in [2.75, 3.05) is 0 Å². The number of carbonyl (C=O) groups is 1. The molecule has 0 amide bonds. The minimum atomic E-state index is 0.0644. The molecule has 0 unspecified atom stereocenters. The zero-order valence-electron chi connectivity index (χ0n) is 5.79. The van der Waals surface area contributed by atoms with E-state index in [0.717, 1.165) is 5.57 Å². The van der Waals surface area contributed by atoms with Crippen molar-refractivity contribution in [2.45, 2.75) is 6.92 Å². The van der Waals surface area contributed by atoms with Crippen LogP contribution in [0.3, 0.4) is 0 Å². The molecule has 0 aliphatic heterocycles. The Kier molecular flexibility index (Phi) is 2.03. The van der Waals surface area contributed by atoms with Gasteiger partial charge in [0.05, 0.1) is 0 Å². The van der Waals surface area contributed by atoms with Gasteiger partial charge in [0.2, 0.25) is 0 Å².